The van der Waals surface area contributed by atoms with E-state index in [1.165, 1.54) is 0 Å². The van der Waals surface area contributed by atoms with Crippen molar-refractivity contribution in [1.82, 2.24) is 10.6 Å². The lowest BCUT2D eigenvalue weighted by atomic mass is 9.86. The van der Waals surface area contributed by atoms with Crippen LogP contribution in [0.25, 0.3) is 0 Å². The molecule has 0 aliphatic heterocycles. The molecular weight excluding hydrogens is 320 g/mol. The minimum Gasteiger partial charge on any atom is -0.497 e. The molecule has 1 atom stereocenters. The first kappa shape index (κ1) is 17.6. The molecule has 0 bridgehead atoms. The molecule has 0 heterocycles. The summed E-state index contributed by atoms with van der Waals surface area (Å²) in [4.78, 5) is 23.4. The largest absolute Gasteiger partial charge is 0.497 e. The lowest BCUT2D eigenvalue weighted by molar-refractivity contribution is -0.142. The Morgan fingerprint density at radius 1 is 1.08 bits per heavy atom. The van der Waals surface area contributed by atoms with Crippen LogP contribution in [0.4, 0.5) is 4.79 Å². The number of urea groups is 1. The van der Waals surface area contributed by atoms with Crippen molar-refractivity contribution in [2.24, 2.45) is 11.8 Å². The first-order valence-corrected chi connectivity index (χ1v) is 9.00. The molecule has 2 aliphatic carbocycles. The molecule has 136 valence electrons. The molecule has 1 aromatic rings. The van der Waals surface area contributed by atoms with Gasteiger partial charge in [-0.3, -0.25) is 4.79 Å². The fourth-order valence-electron chi connectivity index (χ4n) is 3.57. The van der Waals surface area contributed by atoms with E-state index in [9.17, 15) is 9.59 Å². The molecule has 6 heteroatoms. The summed E-state index contributed by atoms with van der Waals surface area (Å²) in [6.45, 7) is 0. The Bertz CT molecular complexity index is 604. The second kappa shape index (κ2) is 7.76. The third-order valence-electron chi connectivity index (χ3n) is 5.27. The van der Waals surface area contributed by atoms with Crippen LogP contribution in [0.3, 0.4) is 0 Å². The van der Waals surface area contributed by atoms with E-state index in [0.29, 0.717) is 18.8 Å². The average molecular weight is 346 g/mol. The van der Waals surface area contributed by atoms with Crippen LogP contribution in [-0.2, 0) is 4.79 Å². The molecule has 6 nitrogen and oxygen atoms in total. The highest BCUT2D eigenvalue weighted by molar-refractivity contribution is 5.75. The molecule has 2 amide bonds. The zero-order chi connectivity index (χ0) is 17.8. The number of ether oxygens (including phenoxy) is 1. The van der Waals surface area contributed by atoms with E-state index in [-0.39, 0.29) is 24.0 Å². The Kier molecular flexibility index (Phi) is 5.46. The van der Waals surface area contributed by atoms with Gasteiger partial charge in [0.1, 0.15) is 5.75 Å². The number of carboxylic acids is 1. The molecule has 25 heavy (non-hydrogen) atoms. The molecule has 3 rings (SSSR count). The van der Waals surface area contributed by atoms with E-state index in [1.54, 1.807) is 7.11 Å². The number of carbonyl (C=O) groups is 2. The van der Waals surface area contributed by atoms with E-state index in [4.69, 9.17) is 9.84 Å². The number of aliphatic carboxylic acids is 1. The number of hydrogen-bond acceptors (Lipinski definition) is 3. The fourth-order valence-corrected chi connectivity index (χ4v) is 3.57. The molecule has 0 saturated heterocycles. The number of benzene rings is 1. The summed E-state index contributed by atoms with van der Waals surface area (Å²) >= 11 is 0. The monoisotopic (exact) mass is 346 g/mol. The predicted molar refractivity (Wildman–Crippen MR) is 93.5 cm³/mol. The van der Waals surface area contributed by atoms with Crippen molar-refractivity contribution in [2.75, 3.05) is 7.11 Å². The average Bonchev–Trinajstić information content (AvgIpc) is 3.45. The number of carboxylic acid groups (broad SMARTS) is 1. The lowest BCUT2D eigenvalue weighted by Gasteiger charge is -2.28. The molecule has 0 aromatic heterocycles. The van der Waals surface area contributed by atoms with Crippen LogP contribution in [0.1, 0.15) is 50.1 Å². The Morgan fingerprint density at radius 2 is 1.72 bits per heavy atom. The number of amides is 2. The Morgan fingerprint density at radius 3 is 2.24 bits per heavy atom. The Hall–Kier alpha value is -2.24. The van der Waals surface area contributed by atoms with Crippen molar-refractivity contribution >= 4 is 12.0 Å². The van der Waals surface area contributed by atoms with Crippen LogP contribution in [0, 0.1) is 11.8 Å². The van der Waals surface area contributed by atoms with Crippen LogP contribution >= 0.6 is 0 Å². The molecule has 0 radical (unpaired) electrons. The second-order valence-corrected chi connectivity index (χ2v) is 7.09. The van der Waals surface area contributed by atoms with Gasteiger partial charge in [-0.25, -0.2) is 4.79 Å². The van der Waals surface area contributed by atoms with Gasteiger partial charge in [0.25, 0.3) is 0 Å². The standard InChI is InChI=1S/C19H26N2O4/c1-25-16-10-6-13(7-11-16)17(12-2-3-12)21-19(24)20-15-8-4-14(5-9-15)18(22)23/h6-7,10-12,14-15,17H,2-5,8-9H2,1H3,(H,22,23)(H2,20,21,24). The van der Waals surface area contributed by atoms with Gasteiger partial charge in [0.2, 0.25) is 0 Å². The van der Waals surface area contributed by atoms with Gasteiger partial charge in [-0.1, -0.05) is 12.1 Å². The Balaban J connectivity index is 1.54. The maximum atomic E-state index is 12.4. The summed E-state index contributed by atoms with van der Waals surface area (Å²) in [5.74, 6) is 0.302. The topological polar surface area (TPSA) is 87.7 Å². The maximum absolute atomic E-state index is 12.4. The maximum Gasteiger partial charge on any atom is 0.315 e. The van der Waals surface area contributed by atoms with Crippen LogP contribution in [-0.4, -0.2) is 30.3 Å². The summed E-state index contributed by atoms with van der Waals surface area (Å²) in [5, 5.41) is 15.2. The number of hydrogen-bond donors (Lipinski definition) is 3. The third kappa shape index (κ3) is 4.65. The zero-order valence-corrected chi connectivity index (χ0v) is 14.5. The minimum absolute atomic E-state index is 0.0151. The quantitative estimate of drug-likeness (QED) is 0.739. The number of carbonyl (C=O) groups excluding carboxylic acids is 1. The van der Waals surface area contributed by atoms with Gasteiger partial charge in [-0.05, 0) is 62.1 Å². The van der Waals surface area contributed by atoms with E-state index in [1.807, 2.05) is 24.3 Å². The molecule has 0 spiro atoms. The van der Waals surface area contributed by atoms with Crippen molar-refractivity contribution < 1.29 is 19.4 Å². The van der Waals surface area contributed by atoms with Crippen LogP contribution in [0.2, 0.25) is 0 Å². The predicted octanol–water partition coefficient (Wildman–Crippen LogP) is 3.09. The third-order valence-corrected chi connectivity index (χ3v) is 5.27. The van der Waals surface area contributed by atoms with E-state index >= 15 is 0 Å². The molecule has 1 unspecified atom stereocenters. The molecular formula is C19H26N2O4. The van der Waals surface area contributed by atoms with Crippen molar-refractivity contribution in [1.29, 1.82) is 0 Å². The summed E-state index contributed by atoms with van der Waals surface area (Å²) in [6, 6.07) is 7.74. The van der Waals surface area contributed by atoms with Gasteiger partial charge in [0.15, 0.2) is 0 Å². The smallest absolute Gasteiger partial charge is 0.315 e. The number of methoxy groups -OCH3 is 1. The minimum atomic E-state index is -0.726. The summed E-state index contributed by atoms with van der Waals surface area (Å²) in [5.41, 5.74) is 1.09. The summed E-state index contributed by atoms with van der Waals surface area (Å²) in [7, 11) is 1.64. The molecule has 2 saturated carbocycles. The number of rotatable bonds is 6. The molecule has 3 N–H and O–H groups in total. The fraction of sp³-hybridized carbons (Fsp3) is 0.579. The van der Waals surface area contributed by atoms with Gasteiger partial charge in [-0.15, -0.1) is 0 Å². The summed E-state index contributed by atoms with van der Waals surface area (Å²) < 4.78 is 5.19. The number of nitrogens with one attached hydrogen (secondary N) is 2. The first-order valence-electron chi connectivity index (χ1n) is 9.00. The van der Waals surface area contributed by atoms with Gasteiger partial charge >= 0.3 is 12.0 Å². The zero-order valence-electron chi connectivity index (χ0n) is 14.5. The van der Waals surface area contributed by atoms with Crippen molar-refractivity contribution in [3.05, 3.63) is 29.8 Å². The molecule has 2 aliphatic rings. The Labute approximate surface area is 147 Å². The van der Waals surface area contributed by atoms with Crippen molar-refractivity contribution in [3.8, 4) is 5.75 Å². The summed E-state index contributed by atoms with van der Waals surface area (Å²) in [6.07, 6.45) is 4.96. The van der Waals surface area contributed by atoms with E-state index in [0.717, 1.165) is 37.0 Å². The van der Waals surface area contributed by atoms with Gasteiger partial charge in [0.05, 0.1) is 19.1 Å². The van der Waals surface area contributed by atoms with Crippen molar-refractivity contribution in [3.63, 3.8) is 0 Å². The van der Waals surface area contributed by atoms with Gasteiger partial charge < -0.3 is 20.5 Å². The highest BCUT2D eigenvalue weighted by atomic mass is 16.5. The van der Waals surface area contributed by atoms with Crippen molar-refractivity contribution in [2.45, 2.75) is 50.6 Å². The first-order chi connectivity index (χ1) is 12.1. The molecule has 1 aromatic carbocycles. The van der Waals surface area contributed by atoms with E-state index < -0.39 is 5.97 Å². The van der Waals surface area contributed by atoms with Crippen LogP contribution < -0.4 is 15.4 Å². The van der Waals surface area contributed by atoms with Crippen LogP contribution in [0.5, 0.6) is 5.75 Å². The molecule has 2 fully saturated rings. The van der Waals surface area contributed by atoms with Crippen LogP contribution in [0.15, 0.2) is 24.3 Å². The highest BCUT2D eigenvalue weighted by Gasteiger charge is 2.34. The highest BCUT2D eigenvalue weighted by Crippen LogP contribution is 2.41. The normalized spacial score (nSPS) is 24.2. The second-order valence-electron chi connectivity index (χ2n) is 7.09. The van der Waals surface area contributed by atoms with E-state index in [2.05, 4.69) is 10.6 Å². The van der Waals surface area contributed by atoms with Gasteiger partial charge in [0, 0.05) is 6.04 Å². The SMILES string of the molecule is COc1ccc(C(NC(=O)NC2CCC(C(=O)O)CC2)C2CC2)cc1. The van der Waals surface area contributed by atoms with Gasteiger partial charge in [-0.2, -0.15) is 0 Å². The lowest BCUT2D eigenvalue weighted by Crippen LogP contribution is -2.45.